The van der Waals surface area contributed by atoms with Crippen LogP contribution in [0.25, 0.3) is 0 Å². The Kier molecular flexibility index (Phi) is 5.57. The normalized spacial score (nSPS) is 9.84. The number of halogens is 1. The standard InChI is InChI=1S/C14H15ClO4/c1-4-18-13(16)10(3)14(17)19-12-6-5-11(8-15)7-9(12)2/h5-7H,3-4,8H2,1-2H3. The fraction of sp³-hybridized carbons (Fsp3) is 0.286. The van der Waals surface area contributed by atoms with Crippen molar-refractivity contribution in [3.05, 3.63) is 41.5 Å². The van der Waals surface area contributed by atoms with Crippen LogP contribution in [0.3, 0.4) is 0 Å². The van der Waals surface area contributed by atoms with Crippen molar-refractivity contribution in [2.24, 2.45) is 0 Å². The quantitative estimate of drug-likeness (QED) is 0.208. The summed E-state index contributed by atoms with van der Waals surface area (Å²) in [6.45, 7) is 6.97. The van der Waals surface area contributed by atoms with Gasteiger partial charge in [0, 0.05) is 5.88 Å². The van der Waals surface area contributed by atoms with Crippen LogP contribution in [-0.2, 0) is 20.2 Å². The lowest BCUT2D eigenvalue weighted by molar-refractivity contribution is -0.142. The molecular weight excluding hydrogens is 268 g/mol. The fourth-order valence-corrected chi connectivity index (χ4v) is 1.54. The number of carbonyl (C=O) groups excluding carboxylic acids is 2. The molecule has 0 amide bonds. The van der Waals surface area contributed by atoms with Crippen LogP contribution >= 0.6 is 11.6 Å². The summed E-state index contributed by atoms with van der Waals surface area (Å²) in [5.41, 5.74) is 1.34. The highest BCUT2D eigenvalue weighted by molar-refractivity contribution is 6.17. The SMILES string of the molecule is C=C(C(=O)OCC)C(=O)Oc1ccc(CCl)cc1C. The maximum absolute atomic E-state index is 11.7. The van der Waals surface area contributed by atoms with Crippen LogP contribution in [0.4, 0.5) is 0 Å². The minimum Gasteiger partial charge on any atom is -0.462 e. The second kappa shape index (κ2) is 6.95. The largest absolute Gasteiger partial charge is 0.462 e. The van der Waals surface area contributed by atoms with E-state index in [-0.39, 0.29) is 12.2 Å². The second-order valence-electron chi connectivity index (χ2n) is 3.82. The van der Waals surface area contributed by atoms with Crippen molar-refractivity contribution < 1.29 is 19.1 Å². The van der Waals surface area contributed by atoms with Gasteiger partial charge in [0.15, 0.2) is 0 Å². The van der Waals surface area contributed by atoms with Gasteiger partial charge in [-0.15, -0.1) is 11.6 Å². The van der Waals surface area contributed by atoms with Crippen molar-refractivity contribution in [2.75, 3.05) is 6.61 Å². The molecule has 5 heteroatoms. The molecule has 1 aromatic rings. The Morgan fingerprint density at radius 2 is 2.00 bits per heavy atom. The molecule has 0 unspecified atom stereocenters. The summed E-state index contributed by atoms with van der Waals surface area (Å²) in [5, 5.41) is 0. The summed E-state index contributed by atoms with van der Waals surface area (Å²) >= 11 is 5.70. The molecule has 0 aromatic heterocycles. The smallest absolute Gasteiger partial charge is 0.350 e. The molecule has 0 atom stereocenters. The van der Waals surface area contributed by atoms with Crippen LogP contribution in [0.2, 0.25) is 0 Å². The van der Waals surface area contributed by atoms with E-state index in [9.17, 15) is 9.59 Å². The van der Waals surface area contributed by atoms with E-state index in [1.807, 2.05) is 6.07 Å². The molecule has 0 saturated heterocycles. The van der Waals surface area contributed by atoms with Crippen LogP contribution in [0, 0.1) is 6.92 Å². The number of alkyl halides is 1. The number of hydrogen-bond donors (Lipinski definition) is 0. The predicted molar refractivity (Wildman–Crippen MR) is 72.1 cm³/mol. The Morgan fingerprint density at radius 3 is 2.53 bits per heavy atom. The van der Waals surface area contributed by atoms with E-state index in [4.69, 9.17) is 16.3 Å². The molecule has 0 bridgehead atoms. The van der Waals surface area contributed by atoms with Gasteiger partial charge in [-0.2, -0.15) is 0 Å². The molecule has 1 aromatic carbocycles. The van der Waals surface area contributed by atoms with Crippen LogP contribution < -0.4 is 4.74 Å². The van der Waals surface area contributed by atoms with E-state index in [2.05, 4.69) is 11.3 Å². The zero-order valence-corrected chi connectivity index (χ0v) is 11.6. The number of aryl methyl sites for hydroxylation is 1. The molecule has 4 nitrogen and oxygen atoms in total. The Balaban J connectivity index is 2.77. The highest BCUT2D eigenvalue weighted by atomic mass is 35.5. The zero-order valence-electron chi connectivity index (χ0n) is 10.9. The molecule has 0 saturated carbocycles. The lowest BCUT2D eigenvalue weighted by atomic mass is 10.1. The summed E-state index contributed by atoms with van der Waals surface area (Å²) in [7, 11) is 0. The third kappa shape index (κ3) is 4.10. The van der Waals surface area contributed by atoms with Gasteiger partial charge in [-0.3, -0.25) is 0 Å². The minimum atomic E-state index is -0.819. The van der Waals surface area contributed by atoms with Crippen LogP contribution in [-0.4, -0.2) is 18.5 Å². The molecule has 0 aliphatic rings. The summed E-state index contributed by atoms with van der Waals surface area (Å²) in [5.74, 6) is -0.850. The zero-order chi connectivity index (χ0) is 14.4. The number of ether oxygens (including phenoxy) is 2. The summed E-state index contributed by atoms with van der Waals surface area (Å²) in [4.78, 5) is 23.0. The summed E-state index contributed by atoms with van der Waals surface area (Å²) in [6.07, 6.45) is 0. The van der Waals surface area contributed by atoms with Gasteiger partial charge >= 0.3 is 11.9 Å². The monoisotopic (exact) mass is 282 g/mol. The number of esters is 2. The molecule has 19 heavy (non-hydrogen) atoms. The van der Waals surface area contributed by atoms with Crippen molar-refractivity contribution in [3.63, 3.8) is 0 Å². The van der Waals surface area contributed by atoms with Crippen molar-refractivity contribution in [2.45, 2.75) is 19.7 Å². The average molecular weight is 283 g/mol. The Hall–Kier alpha value is -1.81. The van der Waals surface area contributed by atoms with Crippen molar-refractivity contribution in [1.29, 1.82) is 0 Å². The molecule has 0 heterocycles. The Bertz CT molecular complexity index is 508. The Morgan fingerprint density at radius 1 is 1.32 bits per heavy atom. The third-order valence-electron chi connectivity index (χ3n) is 2.36. The number of rotatable bonds is 5. The predicted octanol–water partition coefficient (Wildman–Crippen LogP) is 2.76. The van der Waals surface area contributed by atoms with Crippen LogP contribution in [0.1, 0.15) is 18.1 Å². The molecule has 0 fully saturated rings. The molecule has 0 aliphatic carbocycles. The van der Waals surface area contributed by atoms with Gasteiger partial charge < -0.3 is 9.47 Å². The van der Waals surface area contributed by atoms with Crippen molar-refractivity contribution in [1.82, 2.24) is 0 Å². The third-order valence-corrected chi connectivity index (χ3v) is 2.67. The van der Waals surface area contributed by atoms with E-state index in [1.165, 1.54) is 0 Å². The van der Waals surface area contributed by atoms with Gasteiger partial charge in [-0.25, -0.2) is 9.59 Å². The van der Waals surface area contributed by atoms with E-state index in [1.54, 1.807) is 26.0 Å². The van der Waals surface area contributed by atoms with Crippen LogP contribution in [0.15, 0.2) is 30.4 Å². The molecule has 0 N–H and O–H groups in total. The molecule has 0 aliphatic heterocycles. The summed E-state index contributed by atoms with van der Waals surface area (Å²) in [6, 6.07) is 5.18. The van der Waals surface area contributed by atoms with Crippen molar-refractivity contribution >= 4 is 23.5 Å². The van der Waals surface area contributed by atoms with Gasteiger partial charge in [0.05, 0.1) is 6.61 Å². The van der Waals surface area contributed by atoms with E-state index in [0.717, 1.165) is 11.1 Å². The minimum absolute atomic E-state index is 0.175. The van der Waals surface area contributed by atoms with Gasteiger partial charge in [-0.05, 0) is 31.0 Å². The number of carbonyl (C=O) groups is 2. The number of hydrogen-bond acceptors (Lipinski definition) is 4. The first-order valence-corrected chi connectivity index (χ1v) is 6.26. The first-order valence-electron chi connectivity index (χ1n) is 5.73. The molecule has 1 rings (SSSR count). The van der Waals surface area contributed by atoms with Gasteiger partial charge in [0.1, 0.15) is 11.3 Å². The Labute approximate surface area is 117 Å². The fourth-order valence-electron chi connectivity index (χ4n) is 1.37. The molecule has 102 valence electrons. The highest BCUT2D eigenvalue weighted by Gasteiger charge is 2.19. The maximum Gasteiger partial charge on any atom is 0.350 e. The van der Waals surface area contributed by atoms with Gasteiger partial charge in [0.2, 0.25) is 0 Å². The van der Waals surface area contributed by atoms with Gasteiger partial charge in [-0.1, -0.05) is 18.7 Å². The van der Waals surface area contributed by atoms with E-state index < -0.39 is 11.9 Å². The van der Waals surface area contributed by atoms with Crippen molar-refractivity contribution in [3.8, 4) is 5.75 Å². The lowest BCUT2D eigenvalue weighted by Crippen LogP contribution is -2.19. The topological polar surface area (TPSA) is 52.6 Å². The van der Waals surface area contributed by atoms with E-state index in [0.29, 0.717) is 11.6 Å². The van der Waals surface area contributed by atoms with E-state index >= 15 is 0 Å². The van der Waals surface area contributed by atoms with Crippen LogP contribution in [0.5, 0.6) is 5.75 Å². The molecule has 0 radical (unpaired) electrons. The van der Waals surface area contributed by atoms with Gasteiger partial charge in [0.25, 0.3) is 0 Å². The second-order valence-corrected chi connectivity index (χ2v) is 4.09. The highest BCUT2D eigenvalue weighted by Crippen LogP contribution is 2.21. The number of benzene rings is 1. The lowest BCUT2D eigenvalue weighted by Gasteiger charge is -2.09. The molecule has 0 spiro atoms. The molecular formula is C14H15ClO4. The maximum atomic E-state index is 11.7. The summed E-state index contributed by atoms with van der Waals surface area (Å²) < 4.78 is 9.76. The first kappa shape index (κ1) is 15.2. The first-order chi connectivity index (χ1) is 8.99. The average Bonchev–Trinajstić information content (AvgIpc) is 2.40.